The van der Waals surface area contributed by atoms with Crippen molar-refractivity contribution in [2.45, 2.75) is 13.1 Å². The molecule has 0 bridgehead atoms. The quantitative estimate of drug-likeness (QED) is 0.403. The Labute approximate surface area is 185 Å². The van der Waals surface area contributed by atoms with Gasteiger partial charge in [-0.3, -0.25) is 9.36 Å². The summed E-state index contributed by atoms with van der Waals surface area (Å²) in [5, 5.41) is 0.969. The first-order valence-corrected chi connectivity index (χ1v) is 10.4. The van der Waals surface area contributed by atoms with Crippen molar-refractivity contribution in [2.75, 3.05) is 14.2 Å². The first-order valence-electron chi connectivity index (χ1n) is 10.4. The van der Waals surface area contributed by atoms with Gasteiger partial charge in [0.25, 0.3) is 5.56 Å². The molecule has 0 spiro atoms. The van der Waals surface area contributed by atoms with Crippen molar-refractivity contribution in [1.29, 1.82) is 0 Å². The molecule has 0 aliphatic carbocycles. The SMILES string of the molecule is COc1cccc(Cn2cnc3c4ccccc4n(Cc4cccc(OC)c4)c3c2=O)c1. The van der Waals surface area contributed by atoms with Gasteiger partial charge in [0.15, 0.2) is 0 Å². The Hall–Kier alpha value is -4.06. The number of hydrogen-bond donors (Lipinski definition) is 0. The molecule has 5 rings (SSSR count). The molecular weight excluding hydrogens is 402 g/mol. The summed E-state index contributed by atoms with van der Waals surface area (Å²) in [6.45, 7) is 0.959. The summed E-state index contributed by atoms with van der Waals surface area (Å²) in [6.07, 6.45) is 1.63. The molecule has 160 valence electrons. The van der Waals surface area contributed by atoms with Gasteiger partial charge in [-0.25, -0.2) is 4.98 Å². The van der Waals surface area contributed by atoms with Crippen molar-refractivity contribution in [3.8, 4) is 11.5 Å². The Morgan fingerprint density at radius 1 is 0.812 bits per heavy atom. The van der Waals surface area contributed by atoms with Crippen molar-refractivity contribution in [3.63, 3.8) is 0 Å². The zero-order valence-corrected chi connectivity index (χ0v) is 18.0. The molecule has 6 nitrogen and oxygen atoms in total. The van der Waals surface area contributed by atoms with Gasteiger partial charge in [-0.1, -0.05) is 42.5 Å². The molecule has 0 saturated heterocycles. The second-order valence-electron chi connectivity index (χ2n) is 7.68. The van der Waals surface area contributed by atoms with E-state index in [2.05, 4.69) is 4.57 Å². The molecule has 3 aromatic carbocycles. The van der Waals surface area contributed by atoms with Crippen LogP contribution >= 0.6 is 0 Å². The highest BCUT2D eigenvalue weighted by molar-refractivity contribution is 6.05. The maximum Gasteiger partial charge on any atom is 0.278 e. The first-order chi connectivity index (χ1) is 15.7. The van der Waals surface area contributed by atoms with E-state index in [0.29, 0.717) is 18.6 Å². The average molecular weight is 425 g/mol. The molecule has 0 amide bonds. The van der Waals surface area contributed by atoms with E-state index in [-0.39, 0.29) is 5.56 Å². The van der Waals surface area contributed by atoms with Gasteiger partial charge in [-0.05, 0) is 41.5 Å². The number of aromatic nitrogens is 3. The second kappa shape index (κ2) is 8.23. The van der Waals surface area contributed by atoms with Crippen molar-refractivity contribution >= 4 is 21.9 Å². The molecule has 2 heterocycles. The van der Waals surface area contributed by atoms with Crippen LogP contribution in [0.25, 0.3) is 21.9 Å². The fourth-order valence-electron chi connectivity index (χ4n) is 4.15. The minimum absolute atomic E-state index is 0.0723. The highest BCUT2D eigenvalue weighted by atomic mass is 16.5. The van der Waals surface area contributed by atoms with Crippen LogP contribution < -0.4 is 15.0 Å². The molecule has 0 N–H and O–H groups in total. The van der Waals surface area contributed by atoms with Gasteiger partial charge in [-0.2, -0.15) is 0 Å². The molecular formula is C26H23N3O3. The summed E-state index contributed by atoms with van der Waals surface area (Å²) in [6, 6.07) is 23.6. The van der Waals surface area contributed by atoms with E-state index in [9.17, 15) is 4.79 Å². The Kier molecular flexibility index (Phi) is 5.11. The third-order valence-electron chi connectivity index (χ3n) is 5.70. The summed E-state index contributed by atoms with van der Waals surface area (Å²) < 4.78 is 14.4. The lowest BCUT2D eigenvalue weighted by molar-refractivity contribution is 0.414. The maximum absolute atomic E-state index is 13.6. The number of rotatable bonds is 6. The van der Waals surface area contributed by atoms with Gasteiger partial charge in [0.2, 0.25) is 0 Å². The van der Waals surface area contributed by atoms with Crippen LogP contribution in [0.3, 0.4) is 0 Å². The molecule has 0 aliphatic rings. The van der Waals surface area contributed by atoms with Gasteiger partial charge >= 0.3 is 0 Å². The Morgan fingerprint density at radius 3 is 2.16 bits per heavy atom. The minimum atomic E-state index is -0.0723. The van der Waals surface area contributed by atoms with E-state index >= 15 is 0 Å². The lowest BCUT2D eigenvalue weighted by Crippen LogP contribution is -2.23. The Morgan fingerprint density at radius 2 is 1.47 bits per heavy atom. The van der Waals surface area contributed by atoms with Crippen LogP contribution in [0.2, 0.25) is 0 Å². The van der Waals surface area contributed by atoms with Crippen LogP contribution in [0, 0.1) is 0 Å². The summed E-state index contributed by atoms with van der Waals surface area (Å²) in [7, 11) is 3.29. The lowest BCUT2D eigenvalue weighted by Gasteiger charge is -2.11. The highest BCUT2D eigenvalue weighted by Gasteiger charge is 2.17. The predicted molar refractivity (Wildman–Crippen MR) is 126 cm³/mol. The number of benzene rings is 3. The number of hydrogen-bond acceptors (Lipinski definition) is 4. The van der Waals surface area contributed by atoms with Crippen LogP contribution in [0.15, 0.2) is 83.9 Å². The van der Waals surface area contributed by atoms with Gasteiger partial charge in [0.05, 0.1) is 32.6 Å². The van der Waals surface area contributed by atoms with E-state index in [1.165, 1.54) is 0 Å². The van der Waals surface area contributed by atoms with E-state index in [1.54, 1.807) is 25.1 Å². The third-order valence-corrected chi connectivity index (χ3v) is 5.70. The van der Waals surface area contributed by atoms with E-state index in [0.717, 1.165) is 39.0 Å². The van der Waals surface area contributed by atoms with Crippen LogP contribution in [-0.2, 0) is 13.1 Å². The highest BCUT2D eigenvalue weighted by Crippen LogP contribution is 2.27. The van der Waals surface area contributed by atoms with Crippen molar-refractivity contribution < 1.29 is 9.47 Å². The average Bonchev–Trinajstić information content (AvgIpc) is 3.15. The molecule has 0 radical (unpaired) electrons. The fraction of sp³-hybridized carbons (Fsp3) is 0.154. The van der Waals surface area contributed by atoms with Crippen LogP contribution in [0.4, 0.5) is 0 Å². The third kappa shape index (κ3) is 3.50. The number of fused-ring (bicyclic) bond motifs is 3. The zero-order valence-electron chi connectivity index (χ0n) is 18.0. The molecule has 5 aromatic rings. The van der Waals surface area contributed by atoms with Crippen molar-refractivity contribution in [2.24, 2.45) is 0 Å². The van der Waals surface area contributed by atoms with Crippen molar-refractivity contribution in [3.05, 3.63) is 101 Å². The summed E-state index contributed by atoms with van der Waals surface area (Å²) in [5.41, 5.74) is 4.25. The van der Waals surface area contributed by atoms with Gasteiger partial charge in [-0.15, -0.1) is 0 Å². The van der Waals surface area contributed by atoms with E-state index in [4.69, 9.17) is 14.5 Å². The van der Waals surface area contributed by atoms with Gasteiger partial charge in [0.1, 0.15) is 22.5 Å². The fourth-order valence-corrected chi connectivity index (χ4v) is 4.15. The standard InChI is InChI=1S/C26H23N3O3/c1-31-20-9-5-7-18(13-20)15-28-17-27-24-22-11-3-4-12-23(22)29(25(24)26(28)30)16-19-8-6-10-21(14-19)32-2/h3-14,17H,15-16H2,1-2H3. The zero-order chi connectivity index (χ0) is 22.1. The number of nitrogens with zero attached hydrogens (tertiary/aromatic N) is 3. The lowest BCUT2D eigenvalue weighted by atomic mass is 10.2. The van der Waals surface area contributed by atoms with Gasteiger partial charge < -0.3 is 14.0 Å². The summed E-state index contributed by atoms with van der Waals surface area (Å²) >= 11 is 0. The van der Waals surface area contributed by atoms with Crippen LogP contribution in [0.5, 0.6) is 11.5 Å². The Bertz CT molecular complexity index is 1480. The summed E-state index contributed by atoms with van der Waals surface area (Å²) in [5.74, 6) is 1.55. The molecule has 6 heteroatoms. The Balaban J connectivity index is 1.67. The van der Waals surface area contributed by atoms with Crippen molar-refractivity contribution in [1.82, 2.24) is 14.1 Å². The molecule has 2 aromatic heterocycles. The van der Waals surface area contributed by atoms with Gasteiger partial charge in [0, 0.05) is 11.9 Å². The smallest absolute Gasteiger partial charge is 0.278 e. The normalized spacial score (nSPS) is 11.2. The maximum atomic E-state index is 13.6. The molecule has 0 unspecified atom stereocenters. The molecule has 0 atom stereocenters. The monoisotopic (exact) mass is 425 g/mol. The minimum Gasteiger partial charge on any atom is -0.497 e. The van der Waals surface area contributed by atoms with Crippen LogP contribution in [0.1, 0.15) is 11.1 Å². The summed E-state index contributed by atoms with van der Waals surface area (Å²) in [4.78, 5) is 18.3. The van der Waals surface area contributed by atoms with Crippen LogP contribution in [-0.4, -0.2) is 28.3 Å². The van der Waals surface area contributed by atoms with E-state index in [1.807, 2.05) is 72.8 Å². The molecule has 32 heavy (non-hydrogen) atoms. The second-order valence-corrected chi connectivity index (χ2v) is 7.68. The molecule has 0 saturated carbocycles. The number of para-hydroxylation sites is 1. The predicted octanol–water partition coefficient (Wildman–Crippen LogP) is 4.47. The molecule has 0 fully saturated rings. The first kappa shape index (κ1) is 19.9. The number of ether oxygens (including phenoxy) is 2. The largest absolute Gasteiger partial charge is 0.497 e. The van der Waals surface area contributed by atoms with E-state index < -0.39 is 0 Å². The molecule has 0 aliphatic heterocycles. The number of methoxy groups -OCH3 is 2. The topological polar surface area (TPSA) is 58.3 Å².